The highest BCUT2D eigenvalue weighted by Crippen LogP contribution is 2.29. The van der Waals surface area contributed by atoms with Gasteiger partial charge < -0.3 is 4.98 Å². The molecule has 1 aromatic carbocycles. The maximum atomic E-state index is 12.5. The van der Waals surface area contributed by atoms with Gasteiger partial charge in [-0.1, -0.05) is 60.4 Å². The number of nitrogens with one attached hydrogen (secondary N) is 2. The minimum Gasteiger partial charge on any atom is -0.336 e. The Morgan fingerprint density at radius 3 is 2.68 bits per heavy atom. The molecule has 8 heteroatoms. The molecule has 1 atom stereocenters. The molecule has 0 aliphatic carbocycles. The Kier molecular flexibility index (Phi) is 5.50. The quantitative estimate of drug-likeness (QED) is 0.637. The maximum Gasteiger partial charge on any atom is 0.239 e. The molecule has 3 rings (SSSR count). The summed E-state index contributed by atoms with van der Waals surface area (Å²) in [6.45, 7) is 5.83. The minimum atomic E-state index is -0.252. The second-order valence-corrected chi connectivity index (χ2v) is 7.88. The molecule has 0 aliphatic rings. The number of anilines is 1. The molecular weight excluding hydrogens is 354 g/mol. The number of benzene rings is 1. The highest BCUT2D eigenvalue weighted by atomic mass is 32.2. The molecule has 6 nitrogen and oxygen atoms in total. The molecule has 0 unspecified atom stereocenters. The summed E-state index contributed by atoms with van der Waals surface area (Å²) in [6.07, 6.45) is 0.689. The number of hydrogen-bond donors (Lipinski definition) is 2. The summed E-state index contributed by atoms with van der Waals surface area (Å²) >= 11 is 2.80. The number of aromatic nitrogens is 4. The third-order valence-corrected chi connectivity index (χ3v) is 5.59. The zero-order valence-corrected chi connectivity index (χ0v) is 15.9. The number of nitrogens with zero attached hydrogens (tertiary/aromatic N) is 3. The van der Waals surface area contributed by atoms with Gasteiger partial charge in [0.25, 0.3) is 0 Å². The molecule has 0 bridgehead atoms. The van der Waals surface area contributed by atoms with Crippen molar-refractivity contribution in [1.82, 2.24) is 20.2 Å². The summed E-state index contributed by atoms with van der Waals surface area (Å²) < 4.78 is 0. The van der Waals surface area contributed by atoms with Crippen molar-refractivity contribution in [3.63, 3.8) is 0 Å². The van der Waals surface area contributed by atoms with E-state index in [9.17, 15) is 4.79 Å². The van der Waals surface area contributed by atoms with E-state index in [0.29, 0.717) is 11.6 Å². The number of aromatic amines is 1. The summed E-state index contributed by atoms with van der Waals surface area (Å²) in [5, 5.41) is 12.5. The number of rotatable bonds is 6. The van der Waals surface area contributed by atoms with E-state index in [1.165, 1.54) is 23.1 Å². The van der Waals surface area contributed by atoms with Crippen molar-refractivity contribution < 1.29 is 4.79 Å². The number of aryl methyl sites for hydroxylation is 2. The van der Waals surface area contributed by atoms with Crippen molar-refractivity contribution in [2.45, 2.75) is 37.6 Å². The van der Waals surface area contributed by atoms with E-state index < -0.39 is 0 Å². The number of carbonyl (C=O) groups is 1. The number of H-pyrrole nitrogens is 1. The number of imidazole rings is 1. The fourth-order valence-electron chi connectivity index (χ4n) is 2.36. The Hall–Kier alpha value is -2.19. The van der Waals surface area contributed by atoms with Crippen molar-refractivity contribution in [2.24, 2.45) is 0 Å². The summed E-state index contributed by atoms with van der Waals surface area (Å²) in [7, 11) is 0. The van der Waals surface area contributed by atoms with Gasteiger partial charge >= 0.3 is 0 Å². The largest absolute Gasteiger partial charge is 0.336 e. The van der Waals surface area contributed by atoms with E-state index in [-0.39, 0.29) is 11.2 Å². The van der Waals surface area contributed by atoms with Gasteiger partial charge in [0.15, 0.2) is 5.16 Å². The standard InChI is InChI=1S/C17H19N5OS2/c1-4-13(15(23)20-17-22-21-11(3)24-17)25-16-18-10(2)14(19-16)12-8-6-5-7-9-12/h5-9,13H,4H2,1-3H3,(H,18,19)(H,20,22,23)/t13-/m0/s1. The molecule has 1 amide bonds. The second-order valence-electron chi connectivity index (χ2n) is 5.51. The normalized spacial score (nSPS) is 12.1. The van der Waals surface area contributed by atoms with Crippen molar-refractivity contribution in [2.75, 3.05) is 5.32 Å². The Morgan fingerprint density at radius 1 is 1.28 bits per heavy atom. The molecule has 130 valence electrons. The molecule has 25 heavy (non-hydrogen) atoms. The van der Waals surface area contributed by atoms with Crippen LogP contribution >= 0.6 is 23.1 Å². The average Bonchev–Trinajstić information content (AvgIpc) is 3.18. The molecule has 0 fully saturated rings. The van der Waals surface area contributed by atoms with Gasteiger partial charge in [-0.15, -0.1) is 10.2 Å². The van der Waals surface area contributed by atoms with Gasteiger partial charge in [-0.3, -0.25) is 10.1 Å². The smallest absolute Gasteiger partial charge is 0.239 e. The minimum absolute atomic E-state index is 0.0843. The van der Waals surface area contributed by atoms with Crippen LogP contribution in [0, 0.1) is 13.8 Å². The molecule has 0 aliphatic heterocycles. The van der Waals surface area contributed by atoms with Crippen LogP contribution in [0.15, 0.2) is 35.5 Å². The first-order valence-corrected chi connectivity index (χ1v) is 9.66. The molecule has 2 heterocycles. The lowest BCUT2D eigenvalue weighted by Gasteiger charge is -2.11. The van der Waals surface area contributed by atoms with Crippen LogP contribution < -0.4 is 5.32 Å². The van der Waals surface area contributed by atoms with Crippen LogP contribution in [0.4, 0.5) is 5.13 Å². The van der Waals surface area contributed by atoms with E-state index in [4.69, 9.17) is 0 Å². The van der Waals surface area contributed by atoms with Crippen LogP contribution in [0.2, 0.25) is 0 Å². The van der Waals surface area contributed by atoms with Gasteiger partial charge in [0.1, 0.15) is 5.01 Å². The summed E-state index contributed by atoms with van der Waals surface area (Å²) in [5.74, 6) is -0.0843. The third kappa shape index (κ3) is 4.26. The first kappa shape index (κ1) is 17.6. The molecule has 2 aromatic heterocycles. The number of carbonyl (C=O) groups excluding carboxylic acids is 1. The zero-order chi connectivity index (χ0) is 17.8. The van der Waals surface area contributed by atoms with Crippen LogP contribution in [0.25, 0.3) is 11.3 Å². The Labute approximate surface area is 154 Å². The molecule has 3 aromatic rings. The SMILES string of the molecule is CC[C@H](Sc1nc(-c2ccccc2)c(C)[nH]1)C(=O)Nc1nnc(C)s1. The van der Waals surface area contributed by atoms with E-state index in [1.54, 1.807) is 0 Å². The summed E-state index contributed by atoms with van der Waals surface area (Å²) in [6, 6.07) is 10.0. The van der Waals surface area contributed by atoms with Gasteiger partial charge in [0.05, 0.1) is 10.9 Å². The fourth-order valence-corrected chi connectivity index (χ4v) is 3.91. The van der Waals surface area contributed by atoms with E-state index in [2.05, 4.69) is 25.5 Å². The van der Waals surface area contributed by atoms with Gasteiger partial charge in [-0.25, -0.2) is 4.98 Å². The van der Waals surface area contributed by atoms with Gasteiger partial charge in [-0.2, -0.15) is 0 Å². The van der Waals surface area contributed by atoms with Crippen molar-refractivity contribution in [1.29, 1.82) is 0 Å². The predicted molar refractivity (Wildman–Crippen MR) is 102 cm³/mol. The molecule has 0 spiro atoms. The van der Waals surface area contributed by atoms with E-state index >= 15 is 0 Å². The Morgan fingerprint density at radius 2 is 2.04 bits per heavy atom. The van der Waals surface area contributed by atoms with Crippen molar-refractivity contribution in [3.05, 3.63) is 41.0 Å². The predicted octanol–water partition coefficient (Wildman–Crippen LogP) is 4.05. The van der Waals surface area contributed by atoms with Gasteiger partial charge in [-0.05, 0) is 20.3 Å². The Bertz CT molecular complexity index is 859. The van der Waals surface area contributed by atoms with Crippen LogP contribution in [-0.2, 0) is 4.79 Å². The first-order chi connectivity index (χ1) is 12.1. The highest BCUT2D eigenvalue weighted by Gasteiger charge is 2.21. The van der Waals surface area contributed by atoms with Crippen LogP contribution in [0.1, 0.15) is 24.0 Å². The average molecular weight is 374 g/mol. The lowest BCUT2D eigenvalue weighted by atomic mass is 10.1. The van der Waals surface area contributed by atoms with Crippen molar-refractivity contribution in [3.8, 4) is 11.3 Å². The number of hydrogen-bond acceptors (Lipinski definition) is 6. The fraction of sp³-hybridized carbons (Fsp3) is 0.294. The molecular formula is C17H19N5OS2. The van der Waals surface area contributed by atoms with Gasteiger partial charge in [0.2, 0.25) is 11.0 Å². The molecule has 0 saturated carbocycles. The lowest BCUT2D eigenvalue weighted by molar-refractivity contribution is -0.115. The van der Waals surface area contributed by atoms with E-state index in [1.807, 2.05) is 51.1 Å². The van der Waals surface area contributed by atoms with Crippen LogP contribution in [0.3, 0.4) is 0 Å². The molecule has 0 saturated heterocycles. The third-order valence-electron chi connectivity index (χ3n) is 3.58. The van der Waals surface area contributed by atoms with Crippen LogP contribution in [-0.4, -0.2) is 31.3 Å². The summed E-state index contributed by atoms with van der Waals surface area (Å²) in [4.78, 5) is 20.4. The monoisotopic (exact) mass is 373 g/mol. The van der Waals surface area contributed by atoms with Crippen molar-refractivity contribution >= 4 is 34.1 Å². The second kappa shape index (κ2) is 7.79. The highest BCUT2D eigenvalue weighted by molar-refractivity contribution is 8.00. The van der Waals surface area contributed by atoms with Gasteiger partial charge in [0, 0.05) is 11.3 Å². The number of amides is 1. The maximum absolute atomic E-state index is 12.5. The summed E-state index contributed by atoms with van der Waals surface area (Å²) in [5.41, 5.74) is 2.96. The Balaban J connectivity index is 1.72. The molecule has 2 N–H and O–H groups in total. The molecule has 0 radical (unpaired) electrons. The number of thioether (sulfide) groups is 1. The first-order valence-electron chi connectivity index (χ1n) is 7.96. The topological polar surface area (TPSA) is 83.6 Å². The zero-order valence-electron chi connectivity index (χ0n) is 14.2. The van der Waals surface area contributed by atoms with Crippen LogP contribution in [0.5, 0.6) is 0 Å². The van der Waals surface area contributed by atoms with E-state index in [0.717, 1.165) is 27.1 Å². The lowest BCUT2D eigenvalue weighted by Crippen LogP contribution is -2.24.